The van der Waals surface area contributed by atoms with E-state index in [0.29, 0.717) is 11.6 Å². The summed E-state index contributed by atoms with van der Waals surface area (Å²) in [7, 11) is 1.42. The molecule has 1 saturated carbocycles. The maximum atomic E-state index is 11.5. The van der Waals surface area contributed by atoms with Crippen LogP contribution in [-0.4, -0.2) is 19.1 Å². The van der Waals surface area contributed by atoms with Gasteiger partial charge < -0.3 is 10.1 Å². The number of hydrogen-bond donors (Lipinski definition) is 1. The number of rotatable bonds is 4. The molecule has 1 aromatic rings. The Morgan fingerprint density at radius 1 is 1.44 bits per heavy atom. The third-order valence-electron chi connectivity index (χ3n) is 3.11. The van der Waals surface area contributed by atoms with Crippen molar-refractivity contribution in [1.29, 1.82) is 0 Å². The van der Waals surface area contributed by atoms with Gasteiger partial charge in [-0.3, -0.25) is 0 Å². The molecule has 0 radical (unpaired) electrons. The van der Waals surface area contributed by atoms with Crippen molar-refractivity contribution in [3.8, 4) is 0 Å². The molecule has 3 nitrogen and oxygen atoms in total. The minimum atomic E-state index is -0.258. The van der Waals surface area contributed by atoms with Crippen LogP contribution >= 0.6 is 0 Å². The Balaban J connectivity index is 2.03. The molecular formula is C13H17NO2. The molecule has 0 aliphatic heterocycles. The quantitative estimate of drug-likeness (QED) is 0.788. The Labute approximate surface area is 95.8 Å². The Morgan fingerprint density at radius 2 is 2.19 bits per heavy atom. The minimum Gasteiger partial charge on any atom is -0.465 e. The third-order valence-corrected chi connectivity index (χ3v) is 3.11. The lowest BCUT2D eigenvalue weighted by molar-refractivity contribution is 0.0599. The van der Waals surface area contributed by atoms with E-state index in [9.17, 15) is 4.79 Å². The Hall–Kier alpha value is -1.35. The number of carbonyl (C=O) groups is 1. The van der Waals surface area contributed by atoms with E-state index in [1.54, 1.807) is 0 Å². The maximum absolute atomic E-state index is 11.5. The van der Waals surface area contributed by atoms with Gasteiger partial charge in [-0.2, -0.15) is 0 Å². The van der Waals surface area contributed by atoms with Crippen LogP contribution in [0, 0.1) is 0 Å². The van der Waals surface area contributed by atoms with Gasteiger partial charge in [0.15, 0.2) is 0 Å². The average Bonchev–Trinajstić information content (AvgIpc) is 2.26. The molecule has 1 N–H and O–H groups in total. The molecule has 2 rings (SSSR count). The lowest BCUT2D eigenvalue weighted by Crippen LogP contribution is -2.34. The van der Waals surface area contributed by atoms with Gasteiger partial charge in [0.2, 0.25) is 0 Å². The number of ether oxygens (including phenoxy) is 1. The summed E-state index contributed by atoms with van der Waals surface area (Å²) in [5.74, 6) is -0.258. The zero-order valence-corrected chi connectivity index (χ0v) is 9.53. The van der Waals surface area contributed by atoms with Gasteiger partial charge in [0.05, 0.1) is 12.7 Å². The zero-order chi connectivity index (χ0) is 11.4. The molecule has 0 saturated heterocycles. The highest BCUT2D eigenvalue weighted by Gasteiger charge is 2.17. The highest BCUT2D eigenvalue weighted by molar-refractivity contribution is 5.90. The summed E-state index contributed by atoms with van der Waals surface area (Å²) >= 11 is 0. The van der Waals surface area contributed by atoms with E-state index in [2.05, 4.69) is 5.32 Å². The Kier molecular flexibility index (Phi) is 3.57. The predicted molar refractivity (Wildman–Crippen MR) is 62.3 cm³/mol. The highest BCUT2D eigenvalue weighted by Crippen LogP contribution is 2.19. The van der Waals surface area contributed by atoms with Gasteiger partial charge >= 0.3 is 5.97 Å². The molecule has 0 aromatic heterocycles. The first-order chi connectivity index (χ1) is 7.81. The molecule has 0 amide bonds. The summed E-state index contributed by atoms with van der Waals surface area (Å²) < 4.78 is 4.76. The van der Waals surface area contributed by atoms with Crippen LogP contribution in [0.5, 0.6) is 0 Å². The monoisotopic (exact) mass is 219 g/mol. The zero-order valence-electron chi connectivity index (χ0n) is 9.53. The van der Waals surface area contributed by atoms with E-state index >= 15 is 0 Å². The predicted octanol–water partition coefficient (Wildman–Crippen LogP) is 2.12. The van der Waals surface area contributed by atoms with E-state index in [4.69, 9.17) is 4.74 Å². The Morgan fingerprint density at radius 3 is 2.81 bits per heavy atom. The van der Waals surface area contributed by atoms with Crippen LogP contribution in [-0.2, 0) is 11.3 Å². The van der Waals surface area contributed by atoms with Gasteiger partial charge in [-0.05, 0) is 24.5 Å². The molecule has 1 fully saturated rings. The highest BCUT2D eigenvalue weighted by atomic mass is 16.5. The molecule has 0 atom stereocenters. The first kappa shape index (κ1) is 11.1. The number of nitrogens with one attached hydrogen (secondary N) is 1. The van der Waals surface area contributed by atoms with Gasteiger partial charge in [-0.15, -0.1) is 0 Å². The summed E-state index contributed by atoms with van der Waals surface area (Å²) in [6.07, 6.45) is 3.82. The van der Waals surface area contributed by atoms with Crippen molar-refractivity contribution in [2.75, 3.05) is 7.11 Å². The second-order valence-electron chi connectivity index (χ2n) is 4.16. The molecule has 1 aliphatic carbocycles. The summed E-state index contributed by atoms with van der Waals surface area (Å²) in [5, 5.41) is 3.45. The van der Waals surface area contributed by atoms with Crippen LogP contribution in [0.4, 0.5) is 0 Å². The van der Waals surface area contributed by atoms with Gasteiger partial charge in [0, 0.05) is 12.6 Å². The smallest absolute Gasteiger partial charge is 0.338 e. The standard InChI is InChI=1S/C13H17NO2/c1-16-13(15)12-8-3-2-5-10(12)9-14-11-6-4-7-11/h2-3,5,8,11,14H,4,6-7,9H2,1H3. The van der Waals surface area contributed by atoms with Gasteiger partial charge in [0.25, 0.3) is 0 Å². The fourth-order valence-electron chi connectivity index (χ4n) is 1.85. The second-order valence-corrected chi connectivity index (χ2v) is 4.16. The summed E-state index contributed by atoms with van der Waals surface area (Å²) in [5.41, 5.74) is 1.68. The van der Waals surface area contributed by atoms with Crippen molar-refractivity contribution in [1.82, 2.24) is 5.32 Å². The number of esters is 1. The minimum absolute atomic E-state index is 0.258. The molecule has 0 heterocycles. The molecular weight excluding hydrogens is 202 g/mol. The summed E-state index contributed by atoms with van der Waals surface area (Å²) in [4.78, 5) is 11.5. The van der Waals surface area contributed by atoms with E-state index in [-0.39, 0.29) is 5.97 Å². The van der Waals surface area contributed by atoms with Crippen LogP contribution in [0.1, 0.15) is 35.2 Å². The molecule has 0 spiro atoms. The number of benzene rings is 1. The normalized spacial score (nSPS) is 15.6. The van der Waals surface area contributed by atoms with Crippen molar-refractivity contribution >= 4 is 5.97 Å². The average molecular weight is 219 g/mol. The maximum Gasteiger partial charge on any atom is 0.338 e. The lowest BCUT2D eigenvalue weighted by atomic mass is 9.93. The molecule has 0 bridgehead atoms. The first-order valence-corrected chi connectivity index (χ1v) is 5.71. The van der Waals surface area contributed by atoms with Crippen LogP contribution < -0.4 is 5.32 Å². The molecule has 1 aliphatic rings. The van der Waals surface area contributed by atoms with Crippen molar-refractivity contribution < 1.29 is 9.53 Å². The summed E-state index contributed by atoms with van der Waals surface area (Å²) in [6, 6.07) is 8.22. The van der Waals surface area contributed by atoms with E-state index in [1.807, 2.05) is 24.3 Å². The van der Waals surface area contributed by atoms with Crippen LogP contribution in [0.25, 0.3) is 0 Å². The van der Waals surface area contributed by atoms with Gasteiger partial charge in [-0.1, -0.05) is 24.6 Å². The Bertz CT molecular complexity index is 372. The van der Waals surface area contributed by atoms with Crippen LogP contribution in [0.2, 0.25) is 0 Å². The van der Waals surface area contributed by atoms with Crippen LogP contribution in [0.3, 0.4) is 0 Å². The lowest BCUT2D eigenvalue weighted by Gasteiger charge is -2.26. The first-order valence-electron chi connectivity index (χ1n) is 5.71. The van der Waals surface area contributed by atoms with E-state index in [1.165, 1.54) is 26.4 Å². The van der Waals surface area contributed by atoms with Crippen molar-refractivity contribution in [2.45, 2.75) is 31.8 Å². The largest absolute Gasteiger partial charge is 0.465 e. The molecule has 1 aromatic carbocycles. The fourth-order valence-corrected chi connectivity index (χ4v) is 1.85. The van der Waals surface area contributed by atoms with Gasteiger partial charge in [-0.25, -0.2) is 4.79 Å². The van der Waals surface area contributed by atoms with Crippen molar-refractivity contribution in [3.05, 3.63) is 35.4 Å². The molecule has 86 valence electrons. The number of carbonyl (C=O) groups excluding carboxylic acids is 1. The van der Waals surface area contributed by atoms with Crippen molar-refractivity contribution in [2.24, 2.45) is 0 Å². The second kappa shape index (κ2) is 5.12. The third kappa shape index (κ3) is 2.42. The van der Waals surface area contributed by atoms with Crippen LogP contribution in [0.15, 0.2) is 24.3 Å². The molecule has 0 unspecified atom stereocenters. The van der Waals surface area contributed by atoms with E-state index < -0.39 is 0 Å². The number of hydrogen-bond acceptors (Lipinski definition) is 3. The molecule has 3 heteroatoms. The SMILES string of the molecule is COC(=O)c1ccccc1CNC1CCC1. The fraction of sp³-hybridized carbons (Fsp3) is 0.462. The van der Waals surface area contributed by atoms with Crippen molar-refractivity contribution in [3.63, 3.8) is 0 Å². The number of methoxy groups -OCH3 is 1. The van der Waals surface area contributed by atoms with E-state index in [0.717, 1.165) is 12.1 Å². The topological polar surface area (TPSA) is 38.3 Å². The van der Waals surface area contributed by atoms with Gasteiger partial charge in [0.1, 0.15) is 0 Å². The molecule has 16 heavy (non-hydrogen) atoms. The summed E-state index contributed by atoms with van der Waals surface area (Å²) in [6.45, 7) is 0.746.